The number of hydrogen-bond acceptors (Lipinski definition) is 4. The van der Waals surface area contributed by atoms with Crippen molar-refractivity contribution in [2.24, 2.45) is 0 Å². The molecule has 1 heterocycles. The summed E-state index contributed by atoms with van der Waals surface area (Å²) in [6, 6.07) is 7.55. The fourth-order valence-electron chi connectivity index (χ4n) is 2.70. The lowest BCUT2D eigenvalue weighted by Crippen LogP contribution is -2.28. The van der Waals surface area contributed by atoms with Gasteiger partial charge in [-0.15, -0.1) is 0 Å². The summed E-state index contributed by atoms with van der Waals surface area (Å²) in [6.07, 6.45) is 0.617. The fourth-order valence-corrected chi connectivity index (χ4v) is 2.70. The molecule has 1 aromatic carbocycles. The lowest BCUT2D eigenvalue weighted by atomic mass is 10.1. The number of aromatic amines is 1. The number of carbonyl (C=O) groups excluding carboxylic acids is 1. The van der Waals surface area contributed by atoms with E-state index < -0.39 is 0 Å². The predicted octanol–water partition coefficient (Wildman–Crippen LogP) is 2.60. The number of aromatic nitrogens is 2. The van der Waals surface area contributed by atoms with Crippen LogP contribution >= 0.6 is 0 Å². The SMILES string of the molecule is CCOc1ccc([C@@H](C)NC(=O)CCc2c(C)nc(C)[nH]c2=O)cc1. The van der Waals surface area contributed by atoms with Crippen molar-refractivity contribution in [3.05, 3.63) is 57.3 Å². The molecule has 0 spiro atoms. The van der Waals surface area contributed by atoms with Crippen molar-refractivity contribution in [3.63, 3.8) is 0 Å². The van der Waals surface area contributed by atoms with Gasteiger partial charge >= 0.3 is 0 Å². The number of rotatable bonds is 7. The topological polar surface area (TPSA) is 84.1 Å². The molecule has 1 amide bonds. The number of aryl methyl sites for hydroxylation is 2. The number of ether oxygens (including phenoxy) is 1. The average molecular weight is 343 g/mol. The molecule has 0 aliphatic heterocycles. The molecule has 6 nitrogen and oxygen atoms in total. The Kier molecular flexibility index (Phi) is 6.33. The highest BCUT2D eigenvalue weighted by Crippen LogP contribution is 2.17. The molecule has 1 aromatic heterocycles. The van der Waals surface area contributed by atoms with Gasteiger partial charge in [0.1, 0.15) is 11.6 Å². The van der Waals surface area contributed by atoms with E-state index in [1.807, 2.05) is 38.1 Å². The molecule has 0 radical (unpaired) electrons. The Balaban J connectivity index is 1.92. The molecule has 0 aliphatic carbocycles. The minimum Gasteiger partial charge on any atom is -0.494 e. The van der Waals surface area contributed by atoms with Crippen LogP contribution in [0.5, 0.6) is 5.75 Å². The molecule has 0 bridgehead atoms. The van der Waals surface area contributed by atoms with Gasteiger partial charge in [-0.05, 0) is 51.8 Å². The molecule has 0 fully saturated rings. The van der Waals surface area contributed by atoms with E-state index in [-0.39, 0.29) is 23.9 Å². The molecule has 2 N–H and O–H groups in total. The van der Waals surface area contributed by atoms with E-state index in [0.29, 0.717) is 30.1 Å². The van der Waals surface area contributed by atoms with E-state index in [9.17, 15) is 9.59 Å². The van der Waals surface area contributed by atoms with Gasteiger partial charge in [-0.3, -0.25) is 9.59 Å². The molecule has 6 heteroatoms. The molecule has 1 atom stereocenters. The quantitative estimate of drug-likeness (QED) is 0.809. The maximum absolute atomic E-state index is 12.2. The van der Waals surface area contributed by atoms with Crippen molar-refractivity contribution in [1.82, 2.24) is 15.3 Å². The average Bonchev–Trinajstić information content (AvgIpc) is 2.54. The number of H-pyrrole nitrogens is 1. The van der Waals surface area contributed by atoms with Gasteiger partial charge in [0.25, 0.3) is 5.56 Å². The Morgan fingerprint density at radius 1 is 1.28 bits per heavy atom. The van der Waals surface area contributed by atoms with E-state index in [1.54, 1.807) is 13.8 Å². The van der Waals surface area contributed by atoms with Gasteiger partial charge in [0, 0.05) is 17.7 Å². The summed E-state index contributed by atoms with van der Waals surface area (Å²) in [5.74, 6) is 1.30. The highest BCUT2D eigenvalue weighted by molar-refractivity contribution is 5.76. The Hall–Kier alpha value is -2.63. The minimum atomic E-state index is -0.169. The first-order valence-electron chi connectivity index (χ1n) is 8.49. The summed E-state index contributed by atoms with van der Waals surface area (Å²) < 4.78 is 5.41. The van der Waals surface area contributed by atoms with Crippen LogP contribution < -0.4 is 15.6 Å². The molecular formula is C19H25N3O3. The zero-order valence-corrected chi connectivity index (χ0v) is 15.2. The lowest BCUT2D eigenvalue weighted by Gasteiger charge is -2.15. The molecular weight excluding hydrogens is 318 g/mol. The third kappa shape index (κ3) is 5.17. The summed E-state index contributed by atoms with van der Waals surface area (Å²) in [7, 11) is 0. The minimum absolute atomic E-state index is 0.0965. The third-order valence-corrected chi connectivity index (χ3v) is 4.01. The highest BCUT2D eigenvalue weighted by atomic mass is 16.5. The number of benzene rings is 1. The van der Waals surface area contributed by atoms with Gasteiger partial charge in [0.2, 0.25) is 5.91 Å². The third-order valence-electron chi connectivity index (χ3n) is 4.01. The van der Waals surface area contributed by atoms with E-state index in [2.05, 4.69) is 15.3 Å². The summed E-state index contributed by atoms with van der Waals surface area (Å²) in [5.41, 5.74) is 2.07. The zero-order chi connectivity index (χ0) is 18.4. The van der Waals surface area contributed by atoms with Crippen molar-refractivity contribution < 1.29 is 9.53 Å². The first kappa shape index (κ1) is 18.7. The monoisotopic (exact) mass is 343 g/mol. The second kappa shape index (κ2) is 8.46. The van der Waals surface area contributed by atoms with Crippen LogP contribution in [0.3, 0.4) is 0 Å². The standard InChI is InChI=1S/C19H25N3O3/c1-5-25-16-8-6-15(7-9-16)12(2)21-18(23)11-10-17-13(3)20-14(4)22-19(17)24/h6-9,12H,5,10-11H2,1-4H3,(H,21,23)(H,20,22,24)/t12-/m1/s1. The first-order chi connectivity index (χ1) is 11.9. The van der Waals surface area contributed by atoms with Crippen molar-refractivity contribution in [2.45, 2.75) is 46.6 Å². The van der Waals surface area contributed by atoms with Crippen LogP contribution in [0.25, 0.3) is 0 Å². The Labute approximate surface area is 147 Å². The number of amides is 1. The summed E-state index contributed by atoms with van der Waals surface area (Å²) in [5, 5.41) is 2.96. The number of nitrogens with zero attached hydrogens (tertiary/aromatic N) is 1. The molecule has 2 aromatic rings. The van der Waals surface area contributed by atoms with Crippen LogP contribution in [0.2, 0.25) is 0 Å². The van der Waals surface area contributed by atoms with Crippen LogP contribution in [0.15, 0.2) is 29.1 Å². The maximum atomic E-state index is 12.2. The highest BCUT2D eigenvalue weighted by Gasteiger charge is 2.12. The van der Waals surface area contributed by atoms with Gasteiger partial charge in [0.05, 0.1) is 12.6 Å². The molecule has 25 heavy (non-hydrogen) atoms. The van der Waals surface area contributed by atoms with E-state index >= 15 is 0 Å². The van der Waals surface area contributed by atoms with E-state index in [0.717, 1.165) is 11.3 Å². The number of nitrogens with one attached hydrogen (secondary N) is 2. The summed E-state index contributed by atoms with van der Waals surface area (Å²) in [6.45, 7) is 8.02. The first-order valence-corrected chi connectivity index (χ1v) is 8.49. The second-order valence-corrected chi connectivity index (χ2v) is 6.01. The predicted molar refractivity (Wildman–Crippen MR) is 96.8 cm³/mol. The Bertz CT molecular complexity index is 781. The lowest BCUT2D eigenvalue weighted by molar-refractivity contribution is -0.121. The van der Waals surface area contributed by atoms with Gasteiger partial charge < -0.3 is 15.0 Å². The number of carbonyl (C=O) groups is 1. The summed E-state index contributed by atoms with van der Waals surface area (Å²) in [4.78, 5) is 31.1. The second-order valence-electron chi connectivity index (χ2n) is 6.01. The normalized spacial score (nSPS) is 11.8. The molecule has 0 aliphatic rings. The molecule has 2 rings (SSSR count). The van der Waals surface area contributed by atoms with Crippen molar-refractivity contribution >= 4 is 5.91 Å². The van der Waals surface area contributed by atoms with Crippen LogP contribution in [0, 0.1) is 13.8 Å². The maximum Gasteiger partial charge on any atom is 0.254 e. The van der Waals surface area contributed by atoms with Crippen molar-refractivity contribution in [1.29, 1.82) is 0 Å². The van der Waals surface area contributed by atoms with E-state index in [4.69, 9.17) is 4.74 Å². The summed E-state index contributed by atoms with van der Waals surface area (Å²) >= 11 is 0. The number of hydrogen-bond donors (Lipinski definition) is 2. The van der Waals surface area contributed by atoms with Gasteiger partial charge in [-0.1, -0.05) is 12.1 Å². The van der Waals surface area contributed by atoms with Gasteiger partial charge in [-0.25, -0.2) is 4.98 Å². The van der Waals surface area contributed by atoms with E-state index in [1.165, 1.54) is 0 Å². The molecule has 0 saturated heterocycles. The van der Waals surface area contributed by atoms with Crippen LogP contribution in [-0.2, 0) is 11.2 Å². The molecule has 134 valence electrons. The molecule has 0 saturated carbocycles. The smallest absolute Gasteiger partial charge is 0.254 e. The fraction of sp³-hybridized carbons (Fsp3) is 0.421. The van der Waals surface area contributed by atoms with Crippen LogP contribution in [-0.4, -0.2) is 22.5 Å². The Morgan fingerprint density at radius 2 is 1.96 bits per heavy atom. The van der Waals surface area contributed by atoms with Gasteiger partial charge in [0.15, 0.2) is 0 Å². The van der Waals surface area contributed by atoms with Crippen molar-refractivity contribution in [3.8, 4) is 5.75 Å². The van der Waals surface area contributed by atoms with Gasteiger partial charge in [-0.2, -0.15) is 0 Å². The van der Waals surface area contributed by atoms with Crippen molar-refractivity contribution in [2.75, 3.05) is 6.61 Å². The van der Waals surface area contributed by atoms with Crippen LogP contribution in [0.1, 0.15) is 49.0 Å². The Morgan fingerprint density at radius 3 is 2.56 bits per heavy atom. The van der Waals surface area contributed by atoms with Crippen LogP contribution in [0.4, 0.5) is 0 Å². The zero-order valence-electron chi connectivity index (χ0n) is 15.2. The largest absolute Gasteiger partial charge is 0.494 e. The molecule has 0 unspecified atom stereocenters.